The molecule has 0 bridgehead atoms. The Morgan fingerprint density at radius 1 is 1.11 bits per heavy atom. The Morgan fingerprint density at radius 3 is 2.51 bits per heavy atom. The molecule has 0 saturated carbocycles. The number of ether oxygens (including phenoxy) is 2. The van der Waals surface area contributed by atoms with Crippen LogP contribution >= 0.6 is 0 Å². The summed E-state index contributed by atoms with van der Waals surface area (Å²) in [6, 6.07) is 9.58. The molecule has 10 heteroatoms. The van der Waals surface area contributed by atoms with Gasteiger partial charge in [0.1, 0.15) is 19.0 Å². The maximum atomic E-state index is 13.2. The quantitative estimate of drug-likeness (QED) is 0.201. The Kier molecular flexibility index (Phi) is 7.02. The number of carbonyl (C=O) groups excluding carboxylic acids is 2. The molecule has 1 unspecified atom stereocenters. The number of hydrogen-bond donors (Lipinski definition) is 1. The second kappa shape index (κ2) is 10.1. The molecule has 35 heavy (non-hydrogen) atoms. The third kappa shape index (κ3) is 4.69. The average molecular weight is 482 g/mol. The van der Waals surface area contributed by atoms with E-state index in [1.807, 2.05) is 13.8 Å². The number of Topliss-reactive ketones (excluding diaryl/α,β-unsaturated/α-hetero) is 1. The molecule has 4 rings (SSSR count). The number of amides is 1. The molecule has 10 nitrogen and oxygen atoms in total. The van der Waals surface area contributed by atoms with Crippen molar-refractivity contribution in [3.8, 4) is 11.5 Å². The van der Waals surface area contributed by atoms with Crippen molar-refractivity contribution in [3.05, 3.63) is 69.3 Å². The van der Waals surface area contributed by atoms with Crippen molar-refractivity contribution in [3.63, 3.8) is 0 Å². The highest BCUT2D eigenvalue weighted by Gasteiger charge is 2.46. The van der Waals surface area contributed by atoms with Gasteiger partial charge >= 0.3 is 0 Å². The molecule has 1 amide bonds. The number of carbonyl (C=O) groups is 2. The number of ketones is 1. The molecule has 1 fully saturated rings. The van der Waals surface area contributed by atoms with Gasteiger partial charge < -0.3 is 24.4 Å². The minimum Gasteiger partial charge on any atom is -0.507 e. The Bertz CT molecular complexity index is 1190. The van der Waals surface area contributed by atoms with Crippen molar-refractivity contribution >= 4 is 23.1 Å². The van der Waals surface area contributed by atoms with Gasteiger partial charge in [-0.05, 0) is 36.9 Å². The molecule has 2 aliphatic heterocycles. The van der Waals surface area contributed by atoms with Crippen LogP contribution in [-0.4, -0.2) is 70.9 Å². The Hall–Kier alpha value is -3.92. The van der Waals surface area contributed by atoms with E-state index in [2.05, 4.69) is 4.90 Å². The topological polar surface area (TPSA) is 122 Å². The molecule has 0 aromatic heterocycles. The molecule has 1 N–H and O–H groups in total. The summed E-state index contributed by atoms with van der Waals surface area (Å²) < 4.78 is 11.1. The first-order valence-electron chi connectivity index (χ1n) is 11.5. The molecule has 1 saturated heterocycles. The molecule has 0 aliphatic carbocycles. The maximum absolute atomic E-state index is 13.2. The van der Waals surface area contributed by atoms with Crippen molar-refractivity contribution in [2.24, 2.45) is 0 Å². The van der Waals surface area contributed by atoms with Gasteiger partial charge in [-0.2, -0.15) is 0 Å². The molecule has 2 aliphatic rings. The summed E-state index contributed by atoms with van der Waals surface area (Å²) in [7, 11) is 0. The van der Waals surface area contributed by atoms with Crippen molar-refractivity contribution in [2.45, 2.75) is 19.9 Å². The van der Waals surface area contributed by atoms with E-state index in [1.54, 1.807) is 24.3 Å². The summed E-state index contributed by atoms with van der Waals surface area (Å²) in [5.74, 6) is -1.03. The zero-order chi connectivity index (χ0) is 25.1. The number of non-ortho nitro benzene ring substituents is 1. The van der Waals surface area contributed by atoms with Crippen LogP contribution in [0, 0.1) is 10.1 Å². The number of likely N-dealkylation sites (N-methyl/N-ethyl adjacent to an activating group) is 1. The lowest BCUT2D eigenvalue weighted by Crippen LogP contribution is -2.38. The van der Waals surface area contributed by atoms with Gasteiger partial charge in [0.15, 0.2) is 11.5 Å². The van der Waals surface area contributed by atoms with Crippen molar-refractivity contribution in [2.75, 3.05) is 39.4 Å². The average Bonchev–Trinajstić information content (AvgIpc) is 3.13. The van der Waals surface area contributed by atoms with Crippen molar-refractivity contribution in [1.29, 1.82) is 0 Å². The number of fused-ring (bicyclic) bond motifs is 1. The number of aliphatic hydroxyl groups excluding tert-OH is 1. The van der Waals surface area contributed by atoms with Crippen LogP contribution in [0.4, 0.5) is 5.69 Å². The molecule has 0 spiro atoms. The van der Waals surface area contributed by atoms with Gasteiger partial charge in [-0.3, -0.25) is 19.7 Å². The van der Waals surface area contributed by atoms with Crippen molar-refractivity contribution in [1.82, 2.24) is 9.80 Å². The number of nitrogens with zero attached hydrogens (tertiary/aromatic N) is 3. The van der Waals surface area contributed by atoms with E-state index in [0.717, 1.165) is 13.1 Å². The number of rotatable bonds is 8. The minimum atomic E-state index is -0.973. The van der Waals surface area contributed by atoms with Gasteiger partial charge in [-0.15, -0.1) is 0 Å². The highest BCUT2D eigenvalue weighted by Crippen LogP contribution is 2.41. The van der Waals surface area contributed by atoms with Crippen molar-refractivity contribution < 1.29 is 29.1 Å². The molecule has 1 atom stereocenters. The van der Waals surface area contributed by atoms with Crippen LogP contribution in [0.3, 0.4) is 0 Å². The summed E-state index contributed by atoms with van der Waals surface area (Å²) in [6.07, 6.45) is 0. The molecule has 184 valence electrons. The molecular weight excluding hydrogens is 454 g/mol. The Labute approximate surface area is 202 Å². The van der Waals surface area contributed by atoms with E-state index in [-0.39, 0.29) is 29.1 Å². The van der Waals surface area contributed by atoms with Gasteiger partial charge in [0.25, 0.3) is 17.4 Å². The van der Waals surface area contributed by atoms with Gasteiger partial charge in [0.2, 0.25) is 0 Å². The van der Waals surface area contributed by atoms with Gasteiger partial charge in [0.05, 0.1) is 16.5 Å². The van der Waals surface area contributed by atoms with Gasteiger partial charge in [-0.25, -0.2) is 0 Å². The zero-order valence-electron chi connectivity index (χ0n) is 19.6. The number of hydrogen-bond acceptors (Lipinski definition) is 8. The summed E-state index contributed by atoms with van der Waals surface area (Å²) in [4.78, 5) is 40.7. The number of benzene rings is 2. The SMILES string of the molecule is CCN(CC)CCN1C(=O)C(=O)/C(=C(/O)c2ccc3c(c2)OCCO3)C1c1cccc([N+](=O)[O-])c1. The van der Waals surface area contributed by atoms with Crippen LogP contribution in [-0.2, 0) is 9.59 Å². The van der Waals surface area contributed by atoms with Crippen LogP contribution in [0.2, 0.25) is 0 Å². The van der Waals surface area contributed by atoms with Crippen LogP contribution in [0.15, 0.2) is 48.0 Å². The second-order valence-electron chi connectivity index (χ2n) is 8.23. The molecular formula is C25H27N3O7. The summed E-state index contributed by atoms with van der Waals surface area (Å²) in [6.45, 7) is 7.00. The second-order valence-corrected chi connectivity index (χ2v) is 8.23. The van der Waals surface area contributed by atoms with E-state index < -0.39 is 22.7 Å². The summed E-state index contributed by atoms with van der Waals surface area (Å²) >= 11 is 0. The zero-order valence-corrected chi connectivity index (χ0v) is 19.6. The fraction of sp³-hybridized carbons (Fsp3) is 0.360. The van der Waals surface area contributed by atoms with Crippen LogP contribution in [0.25, 0.3) is 5.76 Å². The standard InChI is InChI=1S/C25H27N3O7/c1-3-26(4-2)10-11-27-22(16-6-5-7-18(14-16)28(32)33)21(24(30)25(27)31)23(29)17-8-9-19-20(15-17)35-13-12-34-19/h5-9,14-15,22,29H,3-4,10-13H2,1-2H3/b23-21+. The lowest BCUT2D eigenvalue weighted by Gasteiger charge is -2.28. The smallest absolute Gasteiger partial charge is 0.295 e. The third-order valence-electron chi connectivity index (χ3n) is 6.30. The predicted molar refractivity (Wildman–Crippen MR) is 127 cm³/mol. The number of likely N-dealkylation sites (tertiary alicyclic amines) is 1. The molecule has 2 aromatic carbocycles. The fourth-order valence-corrected chi connectivity index (χ4v) is 4.40. The Morgan fingerprint density at radius 2 is 1.83 bits per heavy atom. The molecule has 2 aromatic rings. The van der Waals surface area contributed by atoms with Crippen LogP contribution < -0.4 is 9.47 Å². The highest BCUT2D eigenvalue weighted by molar-refractivity contribution is 6.46. The Balaban J connectivity index is 1.82. The van der Waals surface area contributed by atoms with E-state index in [0.29, 0.717) is 36.8 Å². The first kappa shape index (κ1) is 24.2. The van der Waals surface area contributed by atoms with Crippen LogP contribution in [0.1, 0.15) is 31.0 Å². The number of nitro benzene ring substituents is 1. The maximum Gasteiger partial charge on any atom is 0.295 e. The third-order valence-corrected chi connectivity index (χ3v) is 6.30. The largest absolute Gasteiger partial charge is 0.507 e. The highest BCUT2D eigenvalue weighted by atomic mass is 16.6. The predicted octanol–water partition coefficient (Wildman–Crippen LogP) is 3.13. The fourth-order valence-electron chi connectivity index (χ4n) is 4.40. The lowest BCUT2D eigenvalue weighted by molar-refractivity contribution is -0.384. The van der Waals surface area contributed by atoms with Gasteiger partial charge in [-0.1, -0.05) is 26.0 Å². The lowest BCUT2D eigenvalue weighted by atomic mass is 9.95. The molecule has 0 radical (unpaired) electrons. The summed E-state index contributed by atoms with van der Waals surface area (Å²) in [5.41, 5.74) is 0.367. The summed E-state index contributed by atoms with van der Waals surface area (Å²) in [5, 5.41) is 22.7. The van der Waals surface area contributed by atoms with E-state index in [9.17, 15) is 24.8 Å². The van der Waals surface area contributed by atoms with Crippen LogP contribution in [0.5, 0.6) is 11.5 Å². The van der Waals surface area contributed by atoms with E-state index in [4.69, 9.17) is 9.47 Å². The van der Waals surface area contributed by atoms with E-state index >= 15 is 0 Å². The monoisotopic (exact) mass is 481 g/mol. The number of aliphatic hydroxyl groups is 1. The normalized spacial score (nSPS) is 18.8. The number of nitro groups is 1. The first-order valence-corrected chi connectivity index (χ1v) is 11.5. The van der Waals surface area contributed by atoms with Gasteiger partial charge in [0, 0.05) is 30.8 Å². The first-order chi connectivity index (χ1) is 16.8. The van der Waals surface area contributed by atoms with E-state index in [1.165, 1.54) is 23.1 Å². The molecule has 2 heterocycles. The minimum absolute atomic E-state index is 0.119.